The van der Waals surface area contributed by atoms with E-state index >= 15 is 0 Å². The van der Waals surface area contributed by atoms with E-state index in [-0.39, 0.29) is 5.41 Å². The van der Waals surface area contributed by atoms with E-state index in [4.69, 9.17) is 9.98 Å². The molecule has 0 aliphatic heterocycles. The fourth-order valence-electron chi connectivity index (χ4n) is 6.80. The van der Waals surface area contributed by atoms with Gasteiger partial charge in [-0.1, -0.05) is 144 Å². The third-order valence-electron chi connectivity index (χ3n) is 9.74. The van der Waals surface area contributed by atoms with Crippen LogP contribution in [0.1, 0.15) is 57.2 Å². The van der Waals surface area contributed by atoms with Gasteiger partial charge in [0, 0.05) is 22.9 Å². The molecule has 244 valence electrons. The van der Waals surface area contributed by atoms with E-state index in [2.05, 4.69) is 174 Å². The van der Waals surface area contributed by atoms with E-state index in [1.807, 2.05) is 6.21 Å². The van der Waals surface area contributed by atoms with Gasteiger partial charge >= 0.3 is 0 Å². The molecule has 2 nitrogen and oxygen atoms in total. The molecule has 0 radical (unpaired) electrons. The van der Waals surface area contributed by atoms with Gasteiger partial charge in [0.05, 0.1) is 15.9 Å². The highest BCUT2D eigenvalue weighted by molar-refractivity contribution is 7.21. The molecule has 0 saturated heterocycles. The molecule has 0 aliphatic rings. The van der Waals surface area contributed by atoms with Crippen LogP contribution in [0.5, 0.6) is 0 Å². The number of nitrogens with zero attached hydrogens (tertiary/aromatic N) is 2. The Bertz CT molecular complexity index is 2530. The SMILES string of the molecule is CC(C)c1ccc(-c2ccc(-c3cc(C(C)(C)C)cc4sc(-c5ccccc5N=Cc5cc6ccccc6c6ccccc56)nc34)cc2)cc1. The number of para-hydroxylation sites is 1. The maximum absolute atomic E-state index is 5.34. The molecule has 8 rings (SSSR count). The first-order valence-corrected chi connectivity index (χ1v) is 18.2. The molecular formula is C47H40N2S. The summed E-state index contributed by atoms with van der Waals surface area (Å²) in [7, 11) is 0. The lowest BCUT2D eigenvalue weighted by molar-refractivity contribution is 0.591. The Morgan fingerprint density at radius 3 is 1.96 bits per heavy atom. The van der Waals surface area contributed by atoms with Crippen LogP contribution in [0.4, 0.5) is 5.69 Å². The molecule has 1 heterocycles. The third kappa shape index (κ3) is 6.03. The van der Waals surface area contributed by atoms with Crippen LogP contribution >= 0.6 is 11.3 Å². The van der Waals surface area contributed by atoms with Crippen molar-refractivity contribution in [3.05, 3.63) is 156 Å². The van der Waals surface area contributed by atoms with Crippen molar-refractivity contribution in [2.24, 2.45) is 4.99 Å². The van der Waals surface area contributed by atoms with Gasteiger partial charge in [-0.05, 0) is 91.0 Å². The zero-order valence-corrected chi connectivity index (χ0v) is 30.1. The Balaban J connectivity index is 1.20. The van der Waals surface area contributed by atoms with Crippen LogP contribution in [0.3, 0.4) is 0 Å². The van der Waals surface area contributed by atoms with E-state index < -0.39 is 0 Å². The molecule has 0 aliphatic carbocycles. The van der Waals surface area contributed by atoms with Crippen molar-refractivity contribution >= 4 is 55.0 Å². The number of rotatable bonds is 6. The third-order valence-corrected chi connectivity index (χ3v) is 10.8. The summed E-state index contributed by atoms with van der Waals surface area (Å²) in [6, 6.07) is 50.4. The molecule has 3 heteroatoms. The molecule has 1 aromatic heterocycles. The summed E-state index contributed by atoms with van der Waals surface area (Å²) >= 11 is 1.75. The van der Waals surface area contributed by atoms with Crippen LogP contribution in [-0.2, 0) is 5.41 Å². The lowest BCUT2D eigenvalue weighted by Crippen LogP contribution is -2.11. The minimum Gasteiger partial charge on any atom is -0.256 e. The summed E-state index contributed by atoms with van der Waals surface area (Å²) in [6.07, 6.45) is 2.02. The number of aromatic nitrogens is 1. The maximum Gasteiger partial charge on any atom is 0.126 e. The van der Waals surface area contributed by atoms with Gasteiger partial charge < -0.3 is 0 Å². The van der Waals surface area contributed by atoms with Gasteiger partial charge in [-0.15, -0.1) is 11.3 Å². The standard InChI is InChI=1S/C47H40N2S/c1-30(2)31-18-20-32(21-19-31)33-22-24-34(25-23-33)42-27-37(47(3,4)5)28-44-45(42)49-46(50-44)41-16-10-11-17-43(41)48-29-36-26-35-12-6-7-13-38(35)40-15-9-8-14-39(36)40/h6-30H,1-5H3. The number of hydrogen-bond donors (Lipinski definition) is 0. The summed E-state index contributed by atoms with van der Waals surface area (Å²) < 4.78 is 1.19. The van der Waals surface area contributed by atoms with E-state index in [1.165, 1.54) is 59.6 Å². The predicted molar refractivity (Wildman–Crippen MR) is 217 cm³/mol. The first-order valence-electron chi connectivity index (χ1n) is 17.4. The Labute approximate surface area is 298 Å². The second kappa shape index (κ2) is 12.8. The first kappa shape index (κ1) is 31.9. The quantitative estimate of drug-likeness (QED) is 0.128. The van der Waals surface area contributed by atoms with Crippen LogP contribution in [0, 0.1) is 0 Å². The average Bonchev–Trinajstić information content (AvgIpc) is 3.58. The second-order valence-corrected chi connectivity index (χ2v) is 15.5. The van der Waals surface area contributed by atoms with Gasteiger partial charge in [0.25, 0.3) is 0 Å². The van der Waals surface area contributed by atoms with Crippen LogP contribution in [0.2, 0.25) is 0 Å². The van der Waals surface area contributed by atoms with E-state index in [0.29, 0.717) is 5.92 Å². The van der Waals surface area contributed by atoms with E-state index in [9.17, 15) is 0 Å². The van der Waals surface area contributed by atoms with Crippen LogP contribution in [-0.4, -0.2) is 11.2 Å². The fourth-order valence-corrected chi connectivity index (χ4v) is 7.86. The molecule has 0 unspecified atom stereocenters. The Morgan fingerprint density at radius 2 is 1.24 bits per heavy atom. The summed E-state index contributed by atoms with van der Waals surface area (Å²) in [6.45, 7) is 11.3. The van der Waals surface area contributed by atoms with Crippen molar-refractivity contribution in [1.29, 1.82) is 0 Å². The Hall–Kier alpha value is -5.38. The van der Waals surface area contributed by atoms with Crippen LogP contribution in [0.25, 0.3) is 64.6 Å². The maximum atomic E-state index is 5.34. The fraction of sp³-hybridized carbons (Fsp3) is 0.149. The van der Waals surface area contributed by atoms with Crippen LogP contribution in [0.15, 0.2) is 145 Å². The molecule has 0 saturated carbocycles. The predicted octanol–water partition coefficient (Wildman–Crippen LogP) is 13.8. The van der Waals surface area contributed by atoms with Gasteiger partial charge in [0.2, 0.25) is 0 Å². The Morgan fingerprint density at radius 1 is 0.620 bits per heavy atom. The lowest BCUT2D eigenvalue weighted by Gasteiger charge is -2.20. The normalized spacial score (nSPS) is 12.2. The van der Waals surface area contributed by atoms with E-state index in [1.54, 1.807) is 11.3 Å². The molecule has 8 aromatic rings. The average molecular weight is 665 g/mol. The number of aliphatic imine (C=N–C) groups is 1. The topological polar surface area (TPSA) is 25.2 Å². The van der Waals surface area contributed by atoms with Crippen molar-refractivity contribution in [1.82, 2.24) is 4.98 Å². The summed E-state index contributed by atoms with van der Waals surface area (Å²) in [5, 5.41) is 5.89. The highest BCUT2D eigenvalue weighted by Gasteiger charge is 2.20. The number of fused-ring (bicyclic) bond motifs is 4. The Kier molecular flexibility index (Phi) is 8.17. The van der Waals surface area contributed by atoms with Crippen molar-refractivity contribution in [2.75, 3.05) is 0 Å². The molecule has 50 heavy (non-hydrogen) atoms. The van der Waals surface area contributed by atoms with Crippen molar-refractivity contribution in [3.8, 4) is 32.8 Å². The molecule has 7 aromatic carbocycles. The number of benzene rings is 7. The zero-order valence-electron chi connectivity index (χ0n) is 29.2. The van der Waals surface area contributed by atoms with Crippen molar-refractivity contribution < 1.29 is 0 Å². The lowest BCUT2D eigenvalue weighted by atomic mass is 9.85. The largest absolute Gasteiger partial charge is 0.256 e. The summed E-state index contributed by atoms with van der Waals surface area (Å²) in [5.74, 6) is 0.524. The molecule has 0 atom stereocenters. The van der Waals surface area contributed by atoms with E-state index in [0.717, 1.165) is 27.3 Å². The van der Waals surface area contributed by atoms with Gasteiger partial charge in [-0.3, -0.25) is 4.99 Å². The molecule has 0 fully saturated rings. The summed E-state index contributed by atoms with van der Waals surface area (Å²) in [5.41, 5.74) is 11.6. The van der Waals surface area contributed by atoms with Crippen molar-refractivity contribution in [2.45, 2.75) is 46.0 Å². The molecular weight excluding hydrogens is 625 g/mol. The molecule has 0 amide bonds. The minimum atomic E-state index is -0.00394. The molecule has 0 N–H and O–H groups in total. The minimum absolute atomic E-state index is 0.00394. The van der Waals surface area contributed by atoms with Crippen LogP contribution < -0.4 is 0 Å². The van der Waals surface area contributed by atoms with Gasteiger partial charge in [0.1, 0.15) is 5.01 Å². The summed E-state index contributed by atoms with van der Waals surface area (Å²) in [4.78, 5) is 10.5. The zero-order chi connectivity index (χ0) is 34.4. The monoisotopic (exact) mass is 664 g/mol. The number of thiazole rings is 1. The highest BCUT2D eigenvalue weighted by Crippen LogP contribution is 2.42. The first-order chi connectivity index (χ1) is 24.2. The van der Waals surface area contributed by atoms with Gasteiger partial charge in [0.15, 0.2) is 0 Å². The number of hydrogen-bond acceptors (Lipinski definition) is 3. The van der Waals surface area contributed by atoms with Crippen molar-refractivity contribution in [3.63, 3.8) is 0 Å². The van der Waals surface area contributed by atoms with Gasteiger partial charge in [-0.2, -0.15) is 0 Å². The molecule has 0 bridgehead atoms. The smallest absolute Gasteiger partial charge is 0.126 e. The second-order valence-electron chi connectivity index (χ2n) is 14.5. The van der Waals surface area contributed by atoms with Gasteiger partial charge in [-0.25, -0.2) is 4.98 Å². The molecule has 0 spiro atoms. The highest BCUT2D eigenvalue weighted by atomic mass is 32.1.